The molecular formula is C26H23F2N3O6. The molecule has 1 N–H and O–H groups in total. The second-order valence-corrected chi connectivity index (χ2v) is 9.15. The Morgan fingerprint density at radius 2 is 1.81 bits per heavy atom. The number of nitrogens with one attached hydrogen (secondary N) is 1. The number of alkyl halides is 2. The maximum absolute atomic E-state index is 13.4. The highest BCUT2D eigenvalue weighted by Gasteiger charge is 2.53. The van der Waals surface area contributed by atoms with Crippen molar-refractivity contribution in [2.75, 3.05) is 12.4 Å². The largest absolute Gasteiger partial charge is 0.586 e. The lowest BCUT2D eigenvalue weighted by Crippen LogP contribution is -2.28. The quantitative estimate of drug-likeness (QED) is 0.503. The molecule has 1 fully saturated rings. The molecule has 0 spiro atoms. The van der Waals surface area contributed by atoms with E-state index in [0.717, 1.165) is 5.56 Å². The van der Waals surface area contributed by atoms with Crippen LogP contribution in [0, 0.1) is 13.8 Å². The van der Waals surface area contributed by atoms with Crippen molar-refractivity contribution in [1.82, 2.24) is 9.55 Å². The van der Waals surface area contributed by atoms with Crippen molar-refractivity contribution in [1.29, 1.82) is 0 Å². The van der Waals surface area contributed by atoms with Gasteiger partial charge in [-0.15, -0.1) is 8.78 Å². The van der Waals surface area contributed by atoms with Crippen LogP contribution in [0.5, 0.6) is 11.5 Å². The van der Waals surface area contributed by atoms with Gasteiger partial charge in [0.25, 0.3) is 5.56 Å². The van der Waals surface area contributed by atoms with E-state index in [9.17, 15) is 23.2 Å². The molecule has 1 aliphatic heterocycles. The molecule has 0 radical (unpaired) electrons. The van der Waals surface area contributed by atoms with Gasteiger partial charge in [0.05, 0.1) is 18.2 Å². The van der Waals surface area contributed by atoms with Gasteiger partial charge < -0.3 is 24.1 Å². The Hall–Kier alpha value is -4.28. The maximum Gasteiger partial charge on any atom is 0.586 e. The summed E-state index contributed by atoms with van der Waals surface area (Å²) in [6, 6.07) is 9.46. The zero-order valence-corrected chi connectivity index (χ0v) is 20.3. The molecule has 1 aromatic carbocycles. The van der Waals surface area contributed by atoms with Crippen LogP contribution in [0.25, 0.3) is 11.3 Å². The highest BCUT2D eigenvalue weighted by molar-refractivity contribution is 6.01. The van der Waals surface area contributed by atoms with Gasteiger partial charge in [-0.25, -0.2) is 4.98 Å². The van der Waals surface area contributed by atoms with Crippen LogP contribution in [0.4, 0.5) is 14.6 Å². The molecule has 0 bridgehead atoms. The predicted molar refractivity (Wildman–Crippen MR) is 128 cm³/mol. The molecule has 3 heterocycles. The van der Waals surface area contributed by atoms with Gasteiger partial charge in [-0.2, -0.15) is 0 Å². The monoisotopic (exact) mass is 511 g/mol. The predicted octanol–water partition coefficient (Wildman–Crippen LogP) is 3.69. The normalized spacial score (nSPS) is 16.2. The summed E-state index contributed by atoms with van der Waals surface area (Å²) in [5.41, 5.74) is 1.65. The van der Waals surface area contributed by atoms with Crippen molar-refractivity contribution in [3.63, 3.8) is 0 Å². The molecule has 1 amide bonds. The molecule has 1 saturated carbocycles. The van der Waals surface area contributed by atoms with Crippen LogP contribution in [0.15, 0.2) is 47.4 Å². The van der Waals surface area contributed by atoms with Gasteiger partial charge in [0.2, 0.25) is 5.91 Å². The number of benzene rings is 1. The fourth-order valence-corrected chi connectivity index (χ4v) is 4.38. The third-order valence-electron chi connectivity index (χ3n) is 6.54. The zero-order chi connectivity index (χ0) is 26.5. The lowest BCUT2D eigenvalue weighted by atomic mass is 9.94. The first kappa shape index (κ1) is 24.4. The minimum Gasteiger partial charge on any atom is -0.468 e. The summed E-state index contributed by atoms with van der Waals surface area (Å²) in [4.78, 5) is 42.1. The maximum atomic E-state index is 13.4. The standard InChI is InChI=1S/C26H23F2N3O6/c1-14-4-7-20(29-22(14)16-10-15(2)23(33)31(12-16)13-21(32)35-3)30-24(34)25(8-9-25)17-5-6-18-19(11-17)37-26(27,28)36-18/h4-7,10-12H,8-9,13H2,1-3H3,(H,29,30,34). The second kappa shape index (κ2) is 8.68. The summed E-state index contributed by atoms with van der Waals surface area (Å²) in [7, 11) is 1.24. The highest BCUT2D eigenvalue weighted by Crippen LogP contribution is 2.52. The Labute approximate surface area is 210 Å². The molecule has 3 aromatic rings. The van der Waals surface area contributed by atoms with E-state index in [1.807, 2.05) is 6.92 Å². The van der Waals surface area contributed by atoms with Crippen molar-refractivity contribution in [3.8, 4) is 22.8 Å². The van der Waals surface area contributed by atoms with Crippen LogP contribution in [0.3, 0.4) is 0 Å². The van der Waals surface area contributed by atoms with E-state index in [1.54, 1.807) is 31.2 Å². The Morgan fingerprint density at radius 1 is 1.08 bits per heavy atom. The first-order valence-electron chi connectivity index (χ1n) is 11.5. The molecule has 37 heavy (non-hydrogen) atoms. The molecule has 0 unspecified atom stereocenters. The summed E-state index contributed by atoms with van der Waals surface area (Å²) < 4.78 is 41.7. The van der Waals surface area contributed by atoms with E-state index in [1.165, 1.54) is 30.0 Å². The molecule has 11 heteroatoms. The first-order valence-corrected chi connectivity index (χ1v) is 11.5. The number of fused-ring (bicyclic) bond motifs is 1. The summed E-state index contributed by atoms with van der Waals surface area (Å²) >= 11 is 0. The number of carbonyl (C=O) groups excluding carboxylic acids is 2. The fraction of sp³-hybridized carbons (Fsp3) is 0.308. The number of amides is 1. The van der Waals surface area contributed by atoms with Crippen LogP contribution in [0.2, 0.25) is 0 Å². The molecule has 2 aliphatic rings. The van der Waals surface area contributed by atoms with E-state index < -0.39 is 17.7 Å². The van der Waals surface area contributed by atoms with E-state index in [4.69, 9.17) is 0 Å². The van der Waals surface area contributed by atoms with Crippen molar-refractivity contribution < 1.29 is 32.6 Å². The van der Waals surface area contributed by atoms with E-state index >= 15 is 0 Å². The molecule has 0 atom stereocenters. The number of pyridine rings is 2. The number of hydrogen-bond acceptors (Lipinski definition) is 7. The van der Waals surface area contributed by atoms with Gasteiger partial charge in [-0.3, -0.25) is 14.4 Å². The van der Waals surface area contributed by atoms with Crippen molar-refractivity contribution in [3.05, 3.63) is 69.6 Å². The molecular weight excluding hydrogens is 488 g/mol. The number of aromatic nitrogens is 2. The average Bonchev–Trinajstić information content (AvgIpc) is 3.60. The molecule has 5 rings (SSSR count). The summed E-state index contributed by atoms with van der Waals surface area (Å²) in [5, 5.41) is 2.83. The Morgan fingerprint density at radius 3 is 2.51 bits per heavy atom. The number of ether oxygens (including phenoxy) is 3. The number of hydrogen-bond donors (Lipinski definition) is 1. The SMILES string of the molecule is COC(=O)Cn1cc(-c2nc(NC(=O)C3(c4ccc5c(c4)OC(F)(F)O5)CC3)ccc2C)cc(C)c1=O. The smallest absolute Gasteiger partial charge is 0.468 e. The minimum absolute atomic E-state index is 0.0846. The third kappa shape index (κ3) is 4.52. The number of rotatable bonds is 6. The van der Waals surface area contributed by atoms with Gasteiger partial charge >= 0.3 is 12.3 Å². The summed E-state index contributed by atoms with van der Waals surface area (Å²) in [6.45, 7) is 3.23. The Balaban J connectivity index is 1.42. The van der Waals surface area contributed by atoms with Gasteiger partial charge in [0, 0.05) is 17.3 Å². The number of esters is 1. The van der Waals surface area contributed by atoms with Crippen LogP contribution in [0.1, 0.15) is 29.5 Å². The summed E-state index contributed by atoms with van der Waals surface area (Å²) in [6.07, 6.45) is -1.14. The van der Waals surface area contributed by atoms with Crippen molar-refractivity contribution in [2.24, 2.45) is 0 Å². The molecule has 1 aliphatic carbocycles. The molecule has 192 valence electrons. The number of anilines is 1. The topological polar surface area (TPSA) is 109 Å². The third-order valence-corrected chi connectivity index (χ3v) is 6.54. The van der Waals surface area contributed by atoms with Gasteiger partial charge in [-0.05, 0) is 62.1 Å². The van der Waals surface area contributed by atoms with Crippen LogP contribution >= 0.6 is 0 Å². The van der Waals surface area contributed by atoms with Crippen molar-refractivity contribution in [2.45, 2.75) is 44.9 Å². The molecule has 9 nitrogen and oxygen atoms in total. The zero-order valence-electron chi connectivity index (χ0n) is 20.3. The highest BCUT2D eigenvalue weighted by atomic mass is 19.3. The second-order valence-electron chi connectivity index (χ2n) is 9.15. The first-order chi connectivity index (χ1) is 17.5. The van der Waals surface area contributed by atoms with Gasteiger partial charge in [0.15, 0.2) is 11.5 Å². The van der Waals surface area contributed by atoms with Crippen LogP contribution in [-0.2, 0) is 26.3 Å². The minimum atomic E-state index is -3.74. The van der Waals surface area contributed by atoms with Gasteiger partial charge in [-0.1, -0.05) is 12.1 Å². The number of carbonyl (C=O) groups is 2. The number of methoxy groups -OCH3 is 1. The molecule has 2 aromatic heterocycles. The Kier molecular flexibility index (Phi) is 5.73. The Bertz CT molecular complexity index is 1500. The van der Waals surface area contributed by atoms with Crippen molar-refractivity contribution >= 4 is 17.7 Å². The summed E-state index contributed by atoms with van der Waals surface area (Å²) in [5.74, 6) is -0.806. The number of halogens is 2. The average molecular weight is 511 g/mol. The lowest BCUT2D eigenvalue weighted by molar-refractivity contribution is -0.286. The number of nitrogens with zero attached hydrogens (tertiary/aromatic N) is 2. The van der Waals surface area contributed by atoms with Crippen LogP contribution in [-0.4, -0.2) is 34.8 Å². The number of aryl methyl sites for hydroxylation is 2. The van der Waals surface area contributed by atoms with E-state index in [0.29, 0.717) is 35.2 Å². The molecule has 0 saturated heterocycles. The fourth-order valence-electron chi connectivity index (χ4n) is 4.38. The van der Waals surface area contributed by atoms with Gasteiger partial charge in [0.1, 0.15) is 12.4 Å². The van der Waals surface area contributed by atoms with E-state index in [-0.39, 0.29) is 35.3 Å². The lowest BCUT2D eigenvalue weighted by Gasteiger charge is -2.17. The van der Waals surface area contributed by atoms with E-state index in [2.05, 4.69) is 24.5 Å². The van der Waals surface area contributed by atoms with Crippen LogP contribution < -0.4 is 20.3 Å².